The van der Waals surface area contributed by atoms with E-state index in [1.807, 2.05) is 54.6 Å². The number of hydrogen-bond acceptors (Lipinski definition) is 4. The van der Waals surface area contributed by atoms with Gasteiger partial charge in [-0.1, -0.05) is 60.7 Å². The van der Waals surface area contributed by atoms with Crippen molar-refractivity contribution < 1.29 is 22.6 Å². The van der Waals surface area contributed by atoms with Crippen molar-refractivity contribution in [3.63, 3.8) is 0 Å². The first kappa shape index (κ1) is 23.0. The third-order valence-corrected chi connectivity index (χ3v) is 5.85. The summed E-state index contributed by atoms with van der Waals surface area (Å²) in [5, 5.41) is 3.68. The summed E-state index contributed by atoms with van der Waals surface area (Å²) in [6, 6.07) is 21.8. The molecule has 0 aromatic heterocycles. The molecule has 174 valence electrons. The van der Waals surface area contributed by atoms with Crippen molar-refractivity contribution in [2.75, 3.05) is 17.3 Å². The molecular weight excluding hydrogens is 456 g/mol. The van der Waals surface area contributed by atoms with Gasteiger partial charge >= 0.3 is 12.1 Å². The Morgan fingerprint density at radius 2 is 1.68 bits per heavy atom. The van der Waals surface area contributed by atoms with Crippen LogP contribution in [-0.2, 0) is 15.9 Å². The van der Waals surface area contributed by atoms with Gasteiger partial charge in [0.25, 0.3) is 10.1 Å². The van der Waals surface area contributed by atoms with Gasteiger partial charge < -0.3 is 5.32 Å². The van der Waals surface area contributed by atoms with E-state index >= 15 is 0 Å². The Kier molecular flexibility index (Phi) is 6.35. The standard InChI is InChI=1S/C24H22N4O5S/c1-27-22-13-6-5-12-20(22)21(18-9-3-2-4-10-18)15-28(24(27)30)26-23(29)25-19-11-7-8-17(14-19)16-34(31,32)33/h2-15H,16H2,1H3,(H2,25,26,29)(H,31,32,33). The molecule has 34 heavy (non-hydrogen) atoms. The van der Waals surface area contributed by atoms with Gasteiger partial charge in [0, 0.05) is 30.1 Å². The molecule has 0 saturated heterocycles. The number of para-hydroxylation sites is 1. The van der Waals surface area contributed by atoms with Crippen LogP contribution in [0.3, 0.4) is 0 Å². The minimum atomic E-state index is -4.22. The number of hydrazine groups is 1. The second kappa shape index (κ2) is 9.38. The van der Waals surface area contributed by atoms with Crippen LogP contribution in [0.25, 0.3) is 5.57 Å². The molecule has 3 aromatic carbocycles. The Balaban J connectivity index is 1.62. The van der Waals surface area contributed by atoms with E-state index in [0.29, 0.717) is 16.9 Å². The Hall–Kier alpha value is -4.15. The van der Waals surface area contributed by atoms with Crippen LogP contribution >= 0.6 is 0 Å². The lowest BCUT2D eigenvalue weighted by Crippen LogP contribution is -2.49. The van der Waals surface area contributed by atoms with Crippen molar-refractivity contribution >= 4 is 39.1 Å². The number of rotatable bonds is 5. The highest BCUT2D eigenvalue weighted by molar-refractivity contribution is 7.85. The molecular formula is C24H22N4O5S. The molecule has 0 saturated carbocycles. The van der Waals surface area contributed by atoms with Crippen molar-refractivity contribution in [1.29, 1.82) is 0 Å². The van der Waals surface area contributed by atoms with Gasteiger partial charge in [-0.15, -0.1) is 0 Å². The highest BCUT2D eigenvalue weighted by atomic mass is 32.2. The molecule has 4 amide bonds. The van der Waals surface area contributed by atoms with Crippen LogP contribution in [0.5, 0.6) is 0 Å². The lowest BCUT2D eigenvalue weighted by atomic mass is 9.97. The number of benzene rings is 3. The average Bonchev–Trinajstić information content (AvgIpc) is 2.89. The maximum Gasteiger partial charge on any atom is 0.347 e. The molecule has 3 aromatic rings. The van der Waals surface area contributed by atoms with Crippen LogP contribution in [0, 0.1) is 0 Å². The van der Waals surface area contributed by atoms with E-state index in [-0.39, 0.29) is 0 Å². The van der Waals surface area contributed by atoms with Crippen LogP contribution in [0.15, 0.2) is 85.1 Å². The third-order valence-electron chi connectivity index (χ3n) is 5.15. The molecule has 0 bridgehead atoms. The first-order valence-corrected chi connectivity index (χ1v) is 11.9. The van der Waals surface area contributed by atoms with Gasteiger partial charge in [-0.2, -0.15) is 8.42 Å². The average molecular weight is 479 g/mol. The summed E-state index contributed by atoms with van der Waals surface area (Å²) in [6.45, 7) is 0. The first-order chi connectivity index (χ1) is 16.2. The van der Waals surface area contributed by atoms with Gasteiger partial charge in [-0.3, -0.25) is 9.45 Å². The number of anilines is 2. The molecule has 0 spiro atoms. The number of fused-ring (bicyclic) bond motifs is 1. The molecule has 4 rings (SSSR count). The number of carbonyl (C=O) groups is 2. The summed E-state index contributed by atoms with van der Waals surface area (Å²) >= 11 is 0. The molecule has 0 fully saturated rings. The summed E-state index contributed by atoms with van der Waals surface area (Å²) in [4.78, 5) is 27.3. The van der Waals surface area contributed by atoms with Crippen LogP contribution in [0.1, 0.15) is 16.7 Å². The van der Waals surface area contributed by atoms with Gasteiger partial charge in [0.15, 0.2) is 0 Å². The zero-order chi connectivity index (χ0) is 24.3. The highest BCUT2D eigenvalue weighted by Gasteiger charge is 2.27. The Morgan fingerprint density at radius 1 is 0.971 bits per heavy atom. The van der Waals surface area contributed by atoms with E-state index in [1.165, 1.54) is 17.0 Å². The summed E-state index contributed by atoms with van der Waals surface area (Å²) < 4.78 is 31.3. The predicted molar refractivity (Wildman–Crippen MR) is 129 cm³/mol. The second-order valence-electron chi connectivity index (χ2n) is 7.63. The number of nitrogens with zero attached hydrogens (tertiary/aromatic N) is 2. The number of carbonyl (C=O) groups excluding carboxylic acids is 2. The SMILES string of the molecule is CN1C(=O)N(NC(=O)Nc2cccc(CS(=O)(=O)O)c2)C=C(c2ccccc2)c2ccccc21. The van der Waals surface area contributed by atoms with E-state index in [2.05, 4.69) is 10.7 Å². The highest BCUT2D eigenvalue weighted by Crippen LogP contribution is 2.34. The van der Waals surface area contributed by atoms with Crippen molar-refractivity contribution in [3.05, 3.63) is 102 Å². The zero-order valence-corrected chi connectivity index (χ0v) is 19.0. The van der Waals surface area contributed by atoms with E-state index < -0.39 is 27.9 Å². The predicted octanol–water partition coefficient (Wildman–Crippen LogP) is 4.07. The molecule has 0 unspecified atom stereocenters. The molecule has 3 N–H and O–H groups in total. The number of amides is 4. The van der Waals surface area contributed by atoms with E-state index in [9.17, 15) is 18.0 Å². The van der Waals surface area contributed by atoms with E-state index in [4.69, 9.17) is 4.55 Å². The van der Waals surface area contributed by atoms with Crippen molar-refractivity contribution in [1.82, 2.24) is 10.4 Å². The maximum atomic E-state index is 13.2. The number of urea groups is 2. The Labute approximate surface area is 197 Å². The molecule has 0 aliphatic carbocycles. The van der Waals surface area contributed by atoms with Crippen molar-refractivity contribution in [2.45, 2.75) is 5.75 Å². The summed E-state index contributed by atoms with van der Waals surface area (Å²) in [5.74, 6) is -0.582. The minimum absolute atomic E-state index is 0.296. The van der Waals surface area contributed by atoms with Gasteiger partial charge in [0.05, 0.1) is 5.69 Å². The van der Waals surface area contributed by atoms with E-state index in [0.717, 1.165) is 21.7 Å². The van der Waals surface area contributed by atoms with Gasteiger partial charge in [0.1, 0.15) is 5.75 Å². The molecule has 10 heteroatoms. The van der Waals surface area contributed by atoms with Gasteiger partial charge in [-0.25, -0.2) is 20.0 Å². The summed E-state index contributed by atoms with van der Waals surface area (Å²) in [5.41, 5.74) is 6.25. The van der Waals surface area contributed by atoms with Crippen LogP contribution in [0.2, 0.25) is 0 Å². The number of hydrogen-bond donors (Lipinski definition) is 3. The Morgan fingerprint density at radius 3 is 2.41 bits per heavy atom. The smallest absolute Gasteiger partial charge is 0.307 e. The first-order valence-electron chi connectivity index (χ1n) is 10.3. The molecule has 0 atom stereocenters. The summed E-state index contributed by atoms with van der Waals surface area (Å²) in [6.07, 6.45) is 1.56. The topological polar surface area (TPSA) is 119 Å². The monoisotopic (exact) mass is 478 g/mol. The quantitative estimate of drug-likeness (QED) is 0.478. The van der Waals surface area contributed by atoms with Crippen molar-refractivity contribution in [3.8, 4) is 0 Å². The van der Waals surface area contributed by atoms with Gasteiger partial charge in [0.2, 0.25) is 0 Å². The molecule has 1 aliphatic rings. The number of nitrogens with one attached hydrogen (secondary N) is 2. The zero-order valence-electron chi connectivity index (χ0n) is 18.2. The fourth-order valence-corrected chi connectivity index (χ4v) is 4.26. The lowest BCUT2D eigenvalue weighted by Gasteiger charge is -2.24. The molecule has 1 heterocycles. The van der Waals surface area contributed by atoms with Crippen molar-refractivity contribution in [2.24, 2.45) is 0 Å². The second-order valence-corrected chi connectivity index (χ2v) is 9.08. The Bertz CT molecular complexity index is 1370. The lowest BCUT2D eigenvalue weighted by molar-refractivity contribution is 0.201. The fourth-order valence-electron chi connectivity index (χ4n) is 3.66. The maximum absolute atomic E-state index is 13.2. The molecule has 9 nitrogen and oxygen atoms in total. The third kappa shape index (κ3) is 5.25. The van der Waals surface area contributed by atoms with Crippen LogP contribution < -0.4 is 15.6 Å². The van der Waals surface area contributed by atoms with Crippen LogP contribution in [-0.4, -0.2) is 37.1 Å². The largest absolute Gasteiger partial charge is 0.347 e. The van der Waals surface area contributed by atoms with E-state index in [1.54, 1.807) is 25.4 Å². The fraction of sp³-hybridized carbons (Fsp3) is 0.0833. The minimum Gasteiger partial charge on any atom is -0.307 e. The molecule has 0 radical (unpaired) electrons. The summed E-state index contributed by atoms with van der Waals surface area (Å²) in [7, 11) is -2.60. The normalized spacial score (nSPS) is 13.6. The van der Waals surface area contributed by atoms with Gasteiger partial charge in [-0.05, 0) is 29.3 Å². The van der Waals surface area contributed by atoms with Crippen LogP contribution in [0.4, 0.5) is 21.0 Å². The molecule has 1 aliphatic heterocycles.